The van der Waals surface area contributed by atoms with E-state index in [-0.39, 0.29) is 19.1 Å². The normalized spacial score (nSPS) is 14.9. The number of aliphatic hydroxyl groups excluding tert-OH is 1. The van der Waals surface area contributed by atoms with Gasteiger partial charge in [0.1, 0.15) is 13.2 Å². The molecule has 3 N–H and O–H groups in total. The van der Waals surface area contributed by atoms with E-state index in [2.05, 4.69) is 31.3 Å². The van der Waals surface area contributed by atoms with Crippen LogP contribution in [-0.2, 0) is 18.4 Å². The summed E-state index contributed by atoms with van der Waals surface area (Å²) in [6.45, 7) is 4.76. The van der Waals surface area contributed by atoms with Crippen LogP contribution in [0.5, 0.6) is 0 Å². The number of likely N-dealkylation sites (N-methyl/N-ethyl adjacent to an activating group) is 1. The second-order valence-corrected chi connectivity index (χ2v) is 16.1. The Kier molecular flexibility index (Phi) is 31.2. The predicted molar refractivity (Wildman–Crippen MR) is 203 cm³/mol. The molecule has 0 heterocycles. The van der Waals surface area contributed by atoms with E-state index in [0.29, 0.717) is 17.4 Å². The topological polar surface area (TPSA) is 105 Å². The lowest BCUT2D eigenvalue weighted by Crippen LogP contribution is -2.45. The first-order chi connectivity index (χ1) is 23.0. The molecule has 0 saturated heterocycles. The first-order valence-electron chi connectivity index (χ1n) is 19.7. The molecule has 0 saturated carbocycles. The van der Waals surface area contributed by atoms with Crippen molar-refractivity contribution < 1.29 is 32.9 Å². The van der Waals surface area contributed by atoms with Crippen LogP contribution in [0.1, 0.15) is 168 Å². The van der Waals surface area contributed by atoms with Crippen molar-refractivity contribution in [3.63, 3.8) is 0 Å². The first-order valence-corrected chi connectivity index (χ1v) is 21.2. The quantitative estimate of drug-likeness (QED) is 0.0263. The highest BCUT2D eigenvalue weighted by molar-refractivity contribution is 7.47. The van der Waals surface area contributed by atoms with E-state index in [0.717, 1.165) is 38.5 Å². The summed E-state index contributed by atoms with van der Waals surface area (Å²) in [7, 11) is 1.56. The number of aliphatic hydroxyl groups is 1. The molecule has 1 amide bonds. The van der Waals surface area contributed by atoms with Crippen molar-refractivity contribution >= 4 is 13.7 Å². The number of nitrogens with zero attached hydrogens (tertiary/aromatic N) is 1. The van der Waals surface area contributed by atoms with Crippen LogP contribution >= 0.6 is 7.82 Å². The molecule has 0 aromatic heterocycles. The van der Waals surface area contributed by atoms with Crippen molar-refractivity contribution in [3.05, 3.63) is 24.3 Å². The largest absolute Gasteiger partial charge is 0.472 e. The van der Waals surface area contributed by atoms with E-state index in [1.54, 1.807) is 6.08 Å². The molecule has 3 unspecified atom stereocenters. The van der Waals surface area contributed by atoms with Crippen molar-refractivity contribution in [1.82, 2.24) is 5.32 Å². The average Bonchev–Trinajstić information content (AvgIpc) is 3.02. The Morgan fingerprint density at radius 2 is 1.15 bits per heavy atom. The van der Waals surface area contributed by atoms with Crippen LogP contribution in [0, 0.1) is 0 Å². The van der Waals surface area contributed by atoms with Crippen LogP contribution < -0.4 is 5.32 Å². The summed E-state index contributed by atoms with van der Waals surface area (Å²) in [5.41, 5.74) is 0. The highest BCUT2D eigenvalue weighted by atomic mass is 31.2. The Bertz CT molecular complexity index is 845. The zero-order chi connectivity index (χ0) is 35.8. The Balaban J connectivity index is 4.57. The molecule has 0 aliphatic carbocycles. The maximum Gasteiger partial charge on any atom is 0.472 e. The highest BCUT2D eigenvalue weighted by Gasteiger charge is 2.27. The van der Waals surface area contributed by atoms with E-state index in [9.17, 15) is 19.4 Å². The molecule has 0 radical (unpaired) electrons. The van der Waals surface area contributed by atoms with Gasteiger partial charge in [0.25, 0.3) is 0 Å². The van der Waals surface area contributed by atoms with Gasteiger partial charge in [0.05, 0.1) is 39.9 Å². The third-order valence-corrected chi connectivity index (χ3v) is 9.66. The molecule has 8 nitrogen and oxygen atoms in total. The highest BCUT2D eigenvalue weighted by Crippen LogP contribution is 2.43. The van der Waals surface area contributed by atoms with Gasteiger partial charge >= 0.3 is 7.82 Å². The van der Waals surface area contributed by atoms with Gasteiger partial charge in [-0.05, 0) is 32.1 Å². The van der Waals surface area contributed by atoms with Gasteiger partial charge in [0.2, 0.25) is 5.91 Å². The minimum atomic E-state index is -4.33. The zero-order valence-electron chi connectivity index (χ0n) is 32.0. The molecule has 0 spiro atoms. The maximum atomic E-state index is 12.8. The van der Waals surface area contributed by atoms with Gasteiger partial charge in [-0.2, -0.15) is 0 Å². The third kappa shape index (κ3) is 33.5. The number of carbonyl (C=O) groups is 1. The monoisotopic (exact) mass is 702 g/mol. The Morgan fingerprint density at radius 3 is 1.67 bits per heavy atom. The maximum absolute atomic E-state index is 12.8. The second kappa shape index (κ2) is 31.9. The number of nitrogens with one attached hydrogen (secondary N) is 1. The van der Waals surface area contributed by atoms with Crippen LogP contribution in [0.3, 0.4) is 0 Å². The minimum absolute atomic E-state index is 0.0578. The molecule has 0 aromatic rings. The molecule has 0 aromatic carbocycles. The zero-order valence-corrected chi connectivity index (χ0v) is 32.9. The number of hydrogen-bond acceptors (Lipinski definition) is 5. The van der Waals surface area contributed by atoms with Crippen molar-refractivity contribution in [2.45, 2.75) is 180 Å². The number of rotatable bonds is 35. The van der Waals surface area contributed by atoms with Crippen LogP contribution in [0.25, 0.3) is 0 Å². The molecule has 0 aliphatic heterocycles. The van der Waals surface area contributed by atoms with E-state index in [1.165, 1.54) is 109 Å². The van der Waals surface area contributed by atoms with Gasteiger partial charge in [0.15, 0.2) is 0 Å². The summed E-state index contributed by atoms with van der Waals surface area (Å²) in [6.07, 6.45) is 35.3. The number of phosphoric acid groups is 1. The van der Waals surface area contributed by atoms with E-state index >= 15 is 0 Å². The predicted octanol–water partition coefficient (Wildman–Crippen LogP) is 10.2. The first kappa shape index (κ1) is 47.0. The summed E-state index contributed by atoms with van der Waals surface area (Å²) >= 11 is 0. The SMILES string of the molecule is CCCCCCCCCCC/C=C/CC/C=C/C(O)C(COP(=O)(O)OCC[N+](C)(C)C)NC(=O)CCCCCCCCCCCCC. The lowest BCUT2D eigenvalue weighted by atomic mass is 10.0. The molecular formula is C39H78N2O6P+. The van der Waals surface area contributed by atoms with Crippen molar-refractivity contribution in [2.75, 3.05) is 40.9 Å². The van der Waals surface area contributed by atoms with Crippen molar-refractivity contribution in [2.24, 2.45) is 0 Å². The van der Waals surface area contributed by atoms with Gasteiger partial charge in [0, 0.05) is 6.42 Å². The molecule has 0 fully saturated rings. The smallest absolute Gasteiger partial charge is 0.387 e. The van der Waals surface area contributed by atoms with Gasteiger partial charge in [-0.1, -0.05) is 154 Å². The van der Waals surface area contributed by atoms with Crippen LogP contribution in [0.2, 0.25) is 0 Å². The molecule has 0 aliphatic rings. The van der Waals surface area contributed by atoms with E-state index in [4.69, 9.17) is 9.05 Å². The third-order valence-electron chi connectivity index (χ3n) is 8.67. The molecular weight excluding hydrogens is 623 g/mol. The second-order valence-electron chi connectivity index (χ2n) is 14.7. The summed E-state index contributed by atoms with van der Waals surface area (Å²) in [4.78, 5) is 23.0. The van der Waals surface area contributed by atoms with Crippen LogP contribution in [0.15, 0.2) is 24.3 Å². The number of quaternary nitrogens is 1. The fraction of sp³-hybridized carbons (Fsp3) is 0.872. The van der Waals surface area contributed by atoms with Crippen molar-refractivity contribution in [1.29, 1.82) is 0 Å². The van der Waals surface area contributed by atoms with Gasteiger partial charge in [-0.3, -0.25) is 13.8 Å². The van der Waals surface area contributed by atoms with Gasteiger partial charge in [-0.15, -0.1) is 0 Å². The van der Waals surface area contributed by atoms with Crippen LogP contribution in [-0.4, -0.2) is 73.4 Å². The minimum Gasteiger partial charge on any atom is -0.387 e. The number of carbonyl (C=O) groups excluding carboxylic acids is 1. The number of hydrogen-bond donors (Lipinski definition) is 3. The number of phosphoric ester groups is 1. The lowest BCUT2D eigenvalue weighted by molar-refractivity contribution is -0.870. The van der Waals surface area contributed by atoms with Crippen LogP contribution in [0.4, 0.5) is 0 Å². The Labute approximate surface area is 296 Å². The standard InChI is InChI=1S/C39H77N2O6P/c1-6-8-10-12-14-16-18-19-20-21-23-24-26-28-30-32-38(42)37(36-47-48(44,45)46-35-34-41(3,4)5)40-39(43)33-31-29-27-25-22-17-15-13-11-9-7-2/h23-24,30,32,37-38,42H,6-22,25-29,31,33-36H2,1-5H3,(H-,40,43,44,45)/p+1/b24-23+,32-30+. The number of allylic oxidation sites excluding steroid dienone is 3. The molecule has 9 heteroatoms. The fourth-order valence-electron chi connectivity index (χ4n) is 5.47. The van der Waals surface area contributed by atoms with E-state index < -0.39 is 20.0 Å². The van der Waals surface area contributed by atoms with Gasteiger partial charge < -0.3 is 19.8 Å². The summed E-state index contributed by atoms with van der Waals surface area (Å²) in [5, 5.41) is 13.7. The van der Waals surface area contributed by atoms with E-state index in [1.807, 2.05) is 27.2 Å². The van der Waals surface area contributed by atoms with Crippen molar-refractivity contribution in [3.8, 4) is 0 Å². The number of unbranched alkanes of at least 4 members (excludes halogenated alkanes) is 20. The fourth-order valence-corrected chi connectivity index (χ4v) is 6.20. The lowest BCUT2D eigenvalue weighted by Gasteiger charge is -2.25. The summed E-state index contributed by atoms with van der Waals surface area (Å²) in [5.74, 6) is -0.190. The summed E-state index contributed by atoms with van der Waals surface area (Å²) in [6, 6.07) is -0.855. The van der Waals surface area contributed by atoms with Gasteiger partial charge in [-0.25, -0.2) is 4.57 Å². The molecule has 284 valence electrons. The molecule has 0 rings (SSSR count). The number of amides is 1. The molecule has 3 atom stereocenters. The average molecular weight is 702 g/mol. The Morgan fingerprint density at radius 1 is 0.688 bits per heavy atom. The summed E-state index contributed by atoms with van der Waals surface area (Å²) < 4.78 is 23.4. The molecule has 48 heavy (non-hydrogen) atoms. The Hall–Kier alpha value is -1.02. The molecule has 0 bridgehead atoms.